The molecule has 0 atom stereocenters. The summed E-state index contributed by atoms with van der Waals surface area (Å²) in [5.41, 5.74) is 6.37. The summed E-state index contributed by atoms with van der Waals surface area (Å²) in [6.07, 6.45) is 5.33. The van der Waals surface area contributed by atoms with Gasteiger partial charge in [0.05, 0.1) is 16.1 Å². The molecule has 2 amide bonds. The van der Waals surface area contributed by atoms with E-state index in [0.717, 1.165) is 25.7 Å². The number of nitrogens with one attached hydrogen (secondary N) is 2. The lowest BCUT2D eigenvalue weighted by Crippen LogP contribution is -2.52. The fraction of sp³-hybridized carbons (Fsp3) is 0.529. The number of rotatable bonds is 5. The summed E-state index contributed by atoms with van der Waals surface area (Å²) in [5, 5.41) is 5.91. The maximum Gasteiger partial charge on any atom is 0.252 e. The number of hydrogen-bond acceptors (Lipinski definition) is 3. The summed E-state index contributed by atoms with van der Waals surface area (Å²) >= 11 is 6.16. The SMILES string of the molecule is CCCNC(=O)c1ccc(NC(=O)C2(N)CCCCC2)cc1Cl.Cl. The van der Waals surface area contributed by atoms with Gasteiger partial charge in [0.25, 0.3) is 5.91 Å². The number of carbonyl (C=O) groups is 2. The standard InChI is InChI=1S/C17H24ClN3O2.ClH/c1-2-10-20-15(22)13-7-6-12(11-14(13)18)21-16(23)17(19)8-4-3-5-9-17;/h6-7,11H,2-5,8-10,19H2,1H3,(H,20,22)(H,21,23);1H. The molecule has 1 aliphatic carbocycles. The Morgan fingerprint density at radius 3 is 2.50 bits per heavy atom. The van der Waals surface area contributed by atoms with Crippen LogP contribution in [-0.4, -0.2) is 23.9 Å². The molecule has 0 unspecified atom stereocenters. The molecule has 2 rings (SSSR count). The normalized spacial score (nSPS) is 16.0. The number of anilines is 1. The van der Waals surface area contributed by atoms with Gasteiger partial charge in [-0.15, -0.1) is 12.4 Å². The molecule has 1 aromatic rings. The van der Waals surface area contributed by atoms with Gasteiger partial charge in [0.2, 0.25) is 5.91 Å². The third kappa shape index (κ3) is 5.10. The van der Waals surface area contributed by atoms with Crippen LogP contribution in [0, 0.1) is 0 Å². The van der Waals surface area contributed by atoms with E-state index in [1.807, 2.05) is 6.92 Å². The van der Waals surface area contributed by atoms with Crippen LogP contribution in [0.3, 0.4) is 0 Å². The van der Waals surface area contributed by atoms with E-state index in [9.17, 15) is 9.59 Å². The van der Waals surface area contributed by atoms with Gasteiger partial charge < -0.3 is 16.4 Å². The second kappa shape index (κ2) is 9.25. The van der Waals surface area contributed by atoms with E-state index in [4.69, 9.17) is 17.3 Å². The van der Waals surface area contributed by atoms with Crippen molar-refractivity contribution in [1.29, 1.82) is 0 Å². The van der Waals surface area contributed by atoms with Crippen LogP contribution in [0.1, 0.15) is 55.8 Å². The Labute approximate surface area is 154 Å². The van der Waals surface area contributed by atoms with Crippen molar-refractivity contribution < 1.29 is 9.59 Å². The predicted molar refractivity (Wildman–Crippen MR) is 100.0 cm³/mol. The Morgan fingerprint density at radius 2 is 1.92 bits per heavy atom. The van der Waals surface area contributed by atoms with E-state index in [1.54, 1.807) is 18.2 Å². The molecule has 1 aliphatic rings. The van der Waals surface area contributed by atoms with Crippen LogP contribution >= 0.6 is 24.0 Å². The van der Waals surface area contributed by atoms with Crippen molar-refractivity contribution in [2.24, 2.45) is 5.73 Å². The van der Waals surface area contributed by atoms with Crippen LogP contribution in [-0.2, 0) is 4.79 Å². The fourth-order valence-electron chi connectivity index (χ4n) is 2.78. The van der Waals surface area contributed by atoms with Crippen molar-refractivity contribution in [3.63, 3.8) is 0 Å². The first-order valence-electron chi connectivity index (χ1n) is 8.14. The first-order chi connectivity index (χ1) is 11.0. The van der Waals surface area contributed by atoms with Gasteiger partial charge >= 0.3 is 0 Å². The van der Waals surface area contributed by atoms with Gasteiger partial charge in [0.15, 0.2) is 0 Å². The molecule has 7 heteroatoms. The zero-order valence-electron chi connectivity index (χ0n) is 13.9. The van der Waals surface area contributed by atoms with Crippen molar-refractivity contribution in [3.05, 3.63) is 28.8 Å². The number of amides is 2. The minimum atomic E-state index is -0.804. The van der Waals surface area contributed by atoms with E-state index >= 15 is 0 Å². The first kappa shape index (κ1) is 20.7. The average molecular weight is 374 g/mol. The number of halogens is 2. The maximum atomic E-state index is 12.4. The summed E-state index contributed by atoms with van der Waals surface area (Å²) in [7, 11) is 0. The summed E-state index contributed by atoms with van der Waals surface area (Å²) in [4.78, 5) is 24.4. The van der Waals surface area contributed by atoms with Crippen LogP contribution in [0.25, 0.3) is 0 Å². The first-order valence-corrected chi connectivity index (χ1v) is 8.52. The largest absolute Gasteiger partial charge is 0.352 e. The molecule has 0 aromatic heterocycles. The molecule has 0 saturated heterocycles. The van der Waals surface area contributed by atoms with E-state index in [2.05, 4.69) is 10.6 Å². The third-order valence-electron chi connectivity index (χ3n) is 4.21. The molecule has 0 aliphatic heterocycles. The van der Waals surface area contributed by atoms with Gasteiger partial charge in [-0.25, -0.2) is 0 Å². The maximum absolute atomic E-state index is 12.4. The summed E-state index contributed by atoms with van der Waals surface area (Å²) in [5.74, 6) is -0.395. The molecule has 0 spiro atoms. The van der Waals surface area contributed by atoms with Crippen molar-refractivity contribution in [2.45, 2.75) is 51.0 Å². The third-order valence-corrected chi connectivity index (χ3v) is 4.52. The highest BCUT2D eigenvalue weighted by Gasteiger charge is 2.35. The summed E-state index contributed by atoms with van der Waals surface area (Å²) in [6.45, 7) is 2.58. The Kier molecular flexibility index (Phi) is 8.00. The monoisotopic (exact) mass is 373 g/mol. The van der Waals surface area contributed by atoms with Gasteiger partial charge in [0, 0.05) is 12.2 Å². The molecule has 134 valence electrons. The second-order valence-corrected chi connectivity index (χ2v) is 6.53. The molecule has 1 saturated carbocycles. The van der Waals surface area contributed by atoms with Gasteiger partial charge in [-0.05, 0) is 37.5 Å². The fourth-order valence-corrected chi connectivity index (χ4v) is 3.04. The number of nitrogens with two attached hydrogens (primary N) is 1. The molecule has 0 radical (unpaired) electrons. The average Bonchev–Trinajstić information content (AvgIpc) is 2.53. The minimum absolute atomic E-state index is 0. The lowest BCUT2D eigenvalue weighted by molar-refractivity contribution is -0.122. The lowest BCUT2D eigenvalue weighted by atomic mass is 9.82. The van der Waals surface area contributed by atoms with Gasteiger partial charge in [0.1, 0.15) is 0 Å². The Balaban J connectivity index is 0.00000288. The van der Waals surface area contributed by atoms with Crippen LogP contribution in [0.5, 0.6) is 0 Å². The van der Waals surface area contributed by atoms with Crippen LogP contribution in [0.2, 0.25) is 5.02 Å². The Hall–Kier alpha value is -1.30. The highest BCUT2D eigenvalue weighted by molar-refractivity contribution is 6.34. The number of benzene rings is 1. The van der Waals surface area contributed by atoms with E-state index < -0.39 is 5.54 Å². The van der Waals surface area contributed by atoms with Crippen molar-refractivity contribution >= 4 is 41.5 Å². The lowest BCUT2D eigenvalue weighted by Gasteiger charge is -2.31. The molecular formula is C17H25Cl2N3O2. The molecule has 5 nitrogen and oxygen atoms in total. The Bertz CT molecular complexity index is 587. The topological polar surface area (TPSA) is 84.2 Å². The van der Waals surface area contributed by atoms with Gasteiger partial charge in [-0.2, -0.15) is 0 Å². The van der Waals surface area contributed by atoms with E-state index in [0.29, 0.717) is 35.7 Å². The van der Waals surface area contributed by atoms with Crippen molar-refractivity contribution in [3.8, 4) is 0 Å². The minimum Gasteiger partial charge on any atom is -0.352 e. The van der Waals surface area contributed by atoms with Crippen LogP contribution in [0.15, 0.2) is 18.2 Å². The molecule has 1 aromatic carbocycles. The van der Waals surface area contributed by atoms with Crippen LogP contribution < -0.4 is 16.4 Å². The van der Waals surface area contributed by atoms with Crippen molar-refractivity contribution in [2.75, 3.05) is 11.9 Å². The van der Waals surface area contributed by atoms with Crippen molar-refractivity contribution in [1.82, 2.24) is 5.32 Å². The quantitative estimate of drug-likeness (QED) is 0.738. The Morgan fingerprint density at radius 1 is 1.25 bits per heavy atom. The molecular weight excluding hydrogens is 349 g/mol. The number of hydrogen-bond donors (Lipinski definition) is 3. The predicted octanol–water partition coefficient (Wildman–Crippen LogP) is 3.50. The zero-order valence-corrected chi connectivity index (χ0v) is 15.4. The molecule has 24 heavy (non-hydrogen) atoms. The molecule has 0 heterocycles. The summed E-state index contributed by atoms with van der Waals surface area (Å²) < 4.78 is 0. The molecule has 1 fully saturated rings. The van der Waals surface area contributed by atoms with E-state index in [1.165, 1.54) is 0 Å². The highest BCUT2D eigenvalue weighted by Crippen LogP contribution is 2.28. The highest BCUT2D eigenvalue weighted by atomic mass is 35.5. The molecule has 0 bridgehead atoms. The number of carbonyl (C=O) groups excluding carboxylic acids is 2. The second-order valence-electron chi connectivity index (χ2n) is 6.12. The smallest absolute Gasteiger partial charge is 0.252 e. The summed E-state index contributed by atoms with van der Waals surface area (Å²) in [6, 6.07) is 4.89. The van der Waals surface area contributed by atoms with Gasteiger partial charge in [-0.1, -0.05) is 37.8 Å². The zero-order chi connectivity index (χ0) is 16.9. The van der Waals surface area contributed by atoms with Gasteiger partial charge in [-0.3, -0.25) is 9.59 Å². The molecule has 4 N–H and O–H groups in total. The van der Waals surface area contributed by atoms with E-state index in [-0.39, 0.29) is 24.2 Å². The van der Waals surface area contributed by atoms with Crippen LogP contribution in [0.4, 0.5) is 5.69 Å².